The van der Waals surface area contributed by atoms with E-state index in [9.17, 15) is 4.79 Å². The zero-order chi connectivity index (χ0) is 14.8. The highest BCUT2D eigenvalue weighted by Crippen LogP contribution is 2.41. The molecule has 3 rings (SSSR count). The summed E-state index contributed by atoms with van der Waals surface area (Å²) in [5, 5.41) is 2.83. The molecule has 1 heterocycles. The van der Waals surface area contributed by atoms with Crippen LogP contribution in [-0.2, 0) is 0 Å². The summed E-state index contributed by atoms with van der Waals surface area (Å²) in [6.07, 6.45) is 4.86. The third-order valence-electron chi connectivity index (χ3n) is 4.69. The lowest BCUT2D eigenvalue weighted by Crippen LogP contribution is -2.24. The van der Waals surface area contributed by atoms with Gasteiger partial charge in [-0.3, -0.25) is 4.79 Å². The molecule has 3 nitrogen and oxygen atoms in total. The standard InChI is InChI=1S/C17H22ClNO2/c1-11-2-4-12(5-3-11)16(18)13-6-7-15-14(10-13)17(20)19-8-9-21-15/h6-7,10-12,16H,2-5,8-9H2,1H3,(H,19,20). The van der Waals surface area contributed by atoms with Gasteiger partial charge in [0, 0.05) is 0 Å². The second kappa shape index (κ2) is 6.27. The van der Waals surface area contributed by atoms with Crippen LogP contribution < -0.4 is 10.1 Å². The van der Waals surface area contributed by atoms with Gasteiger partial charge in [0.05, 0.1) is 17.5 Å². The molecule has 1 aromatic rings. The quantitative estimate of drug-likeness (QED) is 0.841. The molecule has 1 fully saturated rings. The van der Waals surface area contributed by atoms with Crippen molar-refractivity contribution in [3.8, 4) is 5.75 Å². The Labute approximate surface area is 131 Å². The summed E-state index contributed by atoms with van der Waals surface area (Å²) in [6.45, 7) is 3.38. The highest BCUT2D eigenvalue weighted by Gasteiger charge is 2.27. The average Bonchev–Trinajstić information content (AvgIpc) is 2.69. The molecule has 1 saturated carbocycles. The van der Waals surface area contributed by atoms with Gasteiger partial charge in [0.1, 0.15) is 12.4 Å². The van der Waals surface area contributed by atoms with Crippen molar-refractivity contribution in [2.24, 2.45) is 11.8 Å². The van der Waals surface area contributed by atoms with Crippen LogP contribution in [0.15, 0.2) is 18.2 Å². The van der Waals surface area contributed by atoms with Gasteiger partial charge in [-0.05, 0) is 42.4 Å². The molecule has 1 unspecified atom stereocenters. The Morgan fingerprint density at radius 2 is 2.05 bits per heavy atom. The lowest BCUT2D eigenvalue weighted by molar-refractivity contribution is 0.0957. The third kappa shape index (κ3) is 3.18. The number of nitrogens with one attached hydrogen (secondary N) is 1. The molecular formula is C17H22ClNO2. The Kier molecular flexibility index (Phi) is 4.39. The van der Waals surface area contributed by atoms with Gasteiger partial charge >= 0.3 is 0 Å². The molecule has 1 aliphatic carbocycles. The predicted molar refractivity (Wildman–Crippen MR) is 84.0 cm³/mol. The fraction of sp³-hybridized carbons (Fsp3) is 0.588. The first-order valence-electron chi connectivity index (χ1n) is 7.84. The Morgan fingerprint density at radius 3 is 2.81 bits per heavy atom. The highest BCUT2D eigenvalue weighted by atomic mass is 35.5. The summed E-state index contributed by atoms with van der Waals surface area (Å²) < 4.78 is 5.59. The largest absolute Gasteiger partial charge is 0.491 e. The number of amides is 1. The van der Waals surface area contributed by atoms with Crippen LogP contribution >= 0.6 is 11.6 Å². The van der Waals surface area contributed by atoms with E-state index in [1.165, 1.54) is 25.7 Å². The van der Waals surface area contributed by atoms with Crippen LogP contribution in [0, 0.1) is 11.8 Å². The van der Waals surface area contributed by atoms with E-state index in [0.717, 1.165) is 11.5 Å². The molecule has 21 heavy (non-hydrogen) atoms. The maximum absolute atomic E-state index is 12.1. The molecule has 0 spiro atoms. The number of halogens is 1. The zero-order valence-electron chi connectivity index (χ0n) is 12.4. The lowest BCUT2D eigenvalue weighted by atomic mass is 9.79. The van der Waals surface area contributed by atoms with Crippen LogP contribution in [0.4, 0.5) is 0 Å². The van der Waals surface area contributed by atoms with Crippen molar-refractivity contribution in [3.63, 3.8) is 0 Å². The van der Waals surface area contributed by atoms with E-state index < -0.39 is 0 Å². The fourth-order valence-corrected chi connectivity index (χ4v) is 3.68. The Bertz CT molecular complexity index is 524. The number of ether oxygens (including phenoxy) is 1. The van der Waals surface area contributed by atoms with Crippen LogP contribution in [0.3, 0.4) is 0 Å². The molecular weight excluding hydrogens is 286 g/mol. The van der Waals surface area contributed by atoms with Crippen molar-refractivity contribution in [2.45, 2.75) is 38.0 Å². The molecule has 0 radical (unpaired) electrons. The summed E-state index contributed by atoms with van der Waals surface area (Å²) in [5.74, 6) is 1.92. The topological polar surface area (TPSA) is 38.3 Å². The predicted octanol–water partition coefficient (Wildman–Crippen LogP) is 3.92. The normalized spacial score (nSPS) is 27.0. The number of carbonyl (C=O) groups is 1. The van der Waals surface area contributed by atoms with Crippen molar-refractivity contribution >= 4 is 17.5 Å². The minimum Gasteiger partial charge on any atom is -0.491 e. The average molecular weight is 308 g/mol. The highest BCUT2D eigenvalue weighted by molar-refractivity contribution is 6.21. The number of carbonyl (C=O) groups excluding carboxylic acids is 1. The molecule has 0 saturated heterocycles. The van der Waals surface area contributed by atoms with Crippen molar-refractivity contribution in [2.75, 3.05) is 13.2 Å². The first kappa shape index (κ1) is 14.7. The molecule has 1 aromatic carbocycles. The van der Waals surface area contributed by atoms with E-state index in [2.05, 4.69) is 12.2 Å². The van der Waals surface area contributed by atoms with Crippen LogP contribution in [0.5, 0.6) is 5.75 Å². The summed E-state index contributed by atoms with van der Waals surface area (Å²) in [7, 11) is 0. The van der Waals surface area contributed by atoms with Crippen molar-refractivity contribution < 1.29 is 9.53 Å². The molecule has 0 aromatic heterocycles. The van der Waals surface area contributed by atoms with Crippen LogP contribution in [0.1, 0.15) is 53.9 Å². The van der Waals surface area contributed by atoms with Gasteiger partial charge in [-0.15, -0.1) is 11.6 Å². The zero-order valence-corrected chi connectivity index (χ0v) is 13.2. The van der Waals surface area contributed by atoms with E-state index in [0.29, 0.717) is 30.4 Å². The lowest BCUT2D eigenvalue weighted by Gasteiger charge is -2.30. The van der Waals surface area contributed by atoms with Gasteiger partial charge in [-0.25, -0.2) is 0 Å². The number of rotatable bonds is 2. The SMILES string of the molecule is CC1CCC(C(Cl)c2ccc3c(c2)C(=O)NCCO3)CC1. The maximum atomic E-state index is 12.1. The molecule has 114 valence electrons. The van der Waals surface area contributed by atoms with E-state index in [1.54, 1.807) is 0 Å². The minimum absolute atomic E-state index is 0.0150. The van der Waals surface area contributed by atoms with Crippen molar-refractivity contribution in [3.05, 3.63) is 29.3 Å². The van der Waals surface area contributed by atoms with E-state index >= 15 is 0 Å². The summed E-state index contributed by atoms with van der Waals surface area (Å²) in [4.78, 5) is 12.1. The monoisotopic (exact) mass is 307 g/mol. The number of benzene rings is 1. The minimum atomic E-state index is -0.0644. The Morgan fingerprint density at radius 1 is 1.29 bits per heavy atom. The van der Waals surface area contributed by atoms with Crippen molar-refractivity contribution in [1.82, 2.24) is 5.32 Å². The number of alkyl halides is 1. The van der Waals surface area contributed by atoms with E-state index in [1.807, 2.05) is 18.2 Å². The third-order valence-corrected chi connectivity index (χ3v) is 5.29. The number of hydrogen-bond acceptors (Lipinski definition) is 2. The van der Waals surface area contributed by atoms with Gasteiger partial charge in [0.15, 0.2) is 0 Å². The van der Waals surface area contributed by atoms with Gasteiger partial charge in [0.2, 0.25) is 0 Å². The van der Waals surface area contributed by atoms with Crippen molar-refractivity contribution in [1.29, 1.82) is 0 Å². The van der Waals surface area contributed by atoms with Gasteiger partial charge < -0.3 is 10.1 Å². The summed E-state index contributed by atoms with van der Waals surface area (Å²) in [6, 6.07) is 5.80. The molecule has 1 aliphatic heterocycles. The first-order valence-corrected chi connectivity index (χ1v) is 8.28. The molecule has 4 heteroatoms. The van der Waals surface area contributed by atoms with Gasteiger partial charge in [-0.1, -0.05) is 25.8 Å². The van der Waals surface area contributed by atoms with E-state index in [-0.39, 0.29) is 11.3 Å². The fourth-order valence-electron chi connectivity index (χ4n) is 3.29. The first-order chi connectivity index (χ1) is 10.1. The molecule has 1 amide bonds. The molecule has 1 atom stereocenters. The van der Waals surface area contributed by atoms with Crippen LogP contribution in [0.25, 0.3) is 0 Å². The van der Waals surface area contributed by atoms with E-state index in [4.69, 9.17) is 16.3 Å². The Balaban J connectivity index is 1.81. The number of hydrogen-bond donors (Lipinski definition) is 1. The van der Waals surface area contributed by atoms with Crippen LogP contribution in [0.2, 0.25) is 0 Å². The molecule has 1 N–H and O–H groups in total. The smallest absolute Gasteiger partial charge is 0.255 e. The maximum Gasteiger partial charge on any atom is 0.255 e. The van der Waals surface area contributed by atoms with Crippen LogP contribution in [-0.4, -0.2) is 19.1 Å². The number of fused-ring (bicyclic) bond motifs is 1. The van der Waals surface area contributed by atoms with Gasteiger partial charge in [0.25, 0.3) is 5.91 Å². The molecule has 2 aliphatic rings. The second-order valence-electron chi connectivity index (χ2n) is 6.28. The summed E-state index contributed by atoms with van der Waals surface area (Å²) in [5.41, 5.74) is 1.65. The molecule has 0 bridgehead atoms. The van der Waals surface area contributed by atoms with Gasteiger partial charge in [-0.2, -0.15) is 0 Å². The Hall–Kier alpha value is -1.22. The second-order valence-corrected chi connectivity index (χ2v) is 6.75. The summed E-state index contributed by atoms with van der Waals surface area (Å²) >= 11 is 6.69.